The van der Waals surface area contributed by atoms with Gasteiger partial charge in [0.1, 0.15) is 0 Å². The second kappa shape index (κ2) is 17.0. The predicted molar refractivity (Wildman–Crippen MR) is 282 cm³/mol. The number of hydrogen-bond acceptors (Lipinski definition) is 6. The fraction of sp³-hybridized carbons (Fsp3) is 0.0968. The molecule has 1 aliphatic carbocycles. The van der Waals surface area contributed by atoms with Gasteiger partial charge in [-0.3, -0.25) is 4.98 Å². The van der Waals surface area contributed by atoms with Crippen molar-refractivity contribution in [1.29, 1.82) is 0 Å². The molecule has 1 saturated carbocycles. The first-order chi connectivity index (χ1) is 33.7. The Morgan fingerprint density at radius 2 is 0.971 bits per heavy atom. The van der Waals surface area contributed by atoms with Crippen LogP contribution >= 0.6 is 11.3 Å². The first kappa shape index (κ1) is 40.2. The van der Waals surface area contributed by atoms with Gasteiger partial charge in [0.15, 0.2) is 17.5 Å². The third-order valence-corrected chi connectivity index (χ3v) is 15.1. The fourth-order valence-corrected chi connectivity index (χ4v) is 11.9. The molecule has 11 aromatic rings. The van der Waals surface area contributed by atoms with Crippen molar-refractivity contribution in [3.8, 4) is 78.8 Å². The summed E-state index contributed by atoms with van der Waals surface area (Å²) >= 11 is 1.87. The summed E-state index contributed by atoms with van der Waals surface area (Å²) in [4.78, 5) is 23.8. The van der Waals surface area contributed by atoms with Gasteiger partial charge in [0.25, 0.3) is 0 Å². The molecule has 6 heteroatoms. The number of para-hydroxylation sites is 1. The van der Waals surface area contributed by atoms with Crippen LogP contribution in [0.4, 0.5) is 11.4 Å². The molecule has 1 fully saturated rings. The van der Waals surface area contributed by atoms with Crippen LogP contribution in [0.5, 0.6) is 0 Å². The maximum Gasteiger partial charge on any atom is 0.166 e. The van der Waals surface area contributed by atoms with Gasteiger partial charge in [-0.05, 0) is 94.8 Å². The monoisotopic (exact) mass is 891 g/mol. The number of anilines is 2. The molecule has 8 aromatic carbocycles. The zero-order valence-corrected chi connectivity index (χ0v) is 38.2. The highest BCUT2D eigenvalue weighted by molar-refractivity contribution is 7.26. The van der Waals surface area contributed by atoms with Crippen LogP contribution in [0.15, 0.2) is 212 Å². The molecule has 0 saturated heterocycles. The Morgan fingerprint density at radius 1 is 0.426 bits per heavy atom. The Balaban J connectivity index is 1.02. The minimum Gasteiger partial charge on any atom is -0.337 e. The van der Waals surface area contributed by atoms with E-state index in [1.807, 2.05) is 53.9 Å². The number of thiophene rings is 1. The molecule has 0 bridgehead atoms. The lowest BCUT2D eigenvalue weighted by atomic mass is 9.82. The first-order valence-electron chi connectivity index (χ1n) is 23.7. The van der Waals surface area contributed by atoms with E-state index in [1.54, 1.807) is 0 Å². The molecule has 2 unspecified atom stereocenters. The van der Waals surface area contributed by atoms with Crippen LogP contribution in [0, 0.1) is 0 Å². The summed E-state index contributed by atoms with van der Waals surface area (Å²) in [5.41, 5.74) is 15.3. The van der Waals surface area contributed by atoms with Gasteiger partial charge in [-0.2, -0.15) is 0 Å². The number of hydrogen-bond donors (Lipinski definition) is 0. The highest BCUT2D eigenvalue weighted by atomic mass is 32.1. The number of fused-ring (bicyclic) bond motifs is 7. The van der Waals surface area contributed by atoms with Crippen LogP contribution in [-0.2, 0) is 0 Å². The van der Waals surface area contributed by atoms with Crippen molar-refractivity contribution in [2.45, 2.75) is 37.6 Å². The Labute approximate surface area is 400 Å². The van der Waals surface area contributed by atoms with E-state index in [4.69, 9.17) is 19.9 Å². The lowest BCUT2D eigenvalue weighted by molar-refractivity contribution is 0.402. The average molecular weight is 892 g/mol. The van der Waals surface area contributed by atoms with Crippen LogP contribution in [0.3, 0.4) is 0 Å². The van der Waals surface area contributed by atoms with Crippen molar-refractivity contribution in [1.82, 2.24) is 19.9 Å². The second-order valence-electron chi connectivity index (χ2n) is 18.0. The molecule has 0 N–H and O–H groups in total. The molecule has 324 valence electrons. The van der Waals surface area contributed by atoms with Crippen molar-refractivity contribution >= 4 is 42.9 Å². The maximum absolute atomic E-state index is 5.43. The number of aromatic nitrogens is 4. The van der Waals surface area contributed by atoms with E-state index >= 15 is 0 Å². The molecule has 5 nitrogen and oxygen atoms in total. The molecule has 1 aliphatic heterocycles. The van der Waals surface area contributed by atoms with Crippen LogP contribution in [0.2, 0.25) is 0 Å². The number of nitrogens with zero attached hydrogens (tertiary/aromatic N) is 5. The molecular formula is C62H45N5S. The molecular weight excluding hydrogens is 847 g/mol. The van der Waals surface area contributed by atoms with Gasteiger partial charge in [0.2, 0.25) is 0 Å². The van der Waals surface area contributed by atoms with E-state index in [2.05, 4.69) is 175 Å². The molecule has 4 heterocycles. The van der Waals surface area contributed by atoms with Crippen LogP contribution in [0.1, 0.15) is 37.2 Å². The van der Waals surface area contributed by atoms with Crippen molar-refractivity contribution in [2.75, 3.05) is 4.90 Å². The van der Waals surface area contributed by atoms with Gasteiger partial charge in [0, 0.05) is 71.8 Å². The summed E-state index contributed by atoms with van der Waals surface area (Å²) < 4.78 is 2.54. The first-order valence-corrected chi connectivity index (χ1v) is 24.5. The normalized spacial score (nSPS) is 15.4. The van der Waals surface area contributed by atoms with Gasteiger partial charge in [-0.1, -0.05) is 171 Å². The van der Waals surface area contributed by atoms with Crippen molar-refractivity contribution in [3.05, 3.63) is 218 Å². The minimum atomic E-state index is 0.477. The summed E-state index contributed by atoms with van der Waals surface area (Å²) in [7, 11) is 0. The highest BCUT2D eigenvalue weighted by Crippen LogP contribution is 2.56. The van der Waals surface area contributed by atoms with E-state index in [9.17, 15) is 0 Å². The summed E-state index contributed by atoms with van der Waals surface area (Å²) in [5, 5.41) is 2.65. The van der Waals surface area contributed by atoms with Crippen LogP contribution in [-0.4, -0.2) is 26.0 Å². The predicted octanol–water partition coefficient (Wildman–Crippen LogP) is 16.5. The van der Waals surface area contributed by atoms with Crippen molar-refractivity contribution in [2.24, 2.45) is 0 Å². The van der Waals surface area contributed by atoms with Gasteiger partial charge < -0.3 is 4.90 Å². The minimum absolute atomic E-state index is 0.477. The maximum atomic E-state index is 5.43. The summed E-state index contributed by atoms with van der Waals surface area (Å²) in [6, 6.07) is 74.0. The van der Waals surface area contributed by atoms with E-state index in [-0.39, 0.29) is 0 Å². The standard InChI is InChI=1S/C62H45N5S/c1-6-18-40(19-7-1)45-34-46(41-20-8-2-9-21-41)36-47(35-45)48-37-53(62-65-60(42-22-10-3-11-23-42)64-61(66-62)43-24-12-4-13-25-43)58(63-39-48)44-30-31-52-56(38-44)68-55-33-32-51-50-28-16-17-29-54(50)67(59(51)57(52)55)49-26-14-5-15-27-49/h1-15,18-27,30-39,50,54H,16-17,28-29H2. The summed E-state index contributed by atoms with van der Waals surface area (Å²) in [5.74, 6) is 2.34. The molecule has 68 heavy (non-hydrogen) atoms. The highest BCUT2D eigenvalue weighted by Gasteiger charge is 2.42. The van der Waals surface area contributed by atoms with E-state index < -0.39 is 0 Å². The van der Waals surface area contributed by atoms with Crippen molar-refractivity contribution < 1.29 is 0 Å². The van der Waals surface area contributed by atoms with Gasteiger partial charge >= 0.3 is 0 Å². The second-order valence-corrected chi connectivity index (χ2v) is 19.1. The molecule has 2 atom stereocenters. The Hall–Kier alpha value is -8.06. The number of pyridine rings is 1. The van der Waals surface area contributed by atoms with E-state index in [0.717, 1.165) is 61.3 Å². The third kappa shape index (κ3) is 7.16. The quantitative estimate of drug-likeness (QED) is 0.152. The zero-order chi connectivity index (χ0) is 45.0. The van der Waals surface area contributed by atoms with Gasteiger partial charge in [-0.15, -0.1) is 11.3 Å². The van der Waals surface area contributed by atoms with Crippen LogP contribution < -0.4 is 4.90 Å². The largest absolute Gasteiger partial charge is 0.337 e. The topological polar surface area (TPSA) is 54.8 Å². The third-order valence-electron chi connectivity index (χ3n) is 14.0. The average Bonchev–Trinajstić information content (AvgIpc) is 3.97. The van der Waals surface area contributed by atoms with Gasteiger partial charge in [0.05, 0.1) is 11.4 Å². The lowest BCUT2D eigenvalue weighted by Crippen LogP contribution is -2.32. The summed E-state index contributed by atoms with van der Waals surface area (Å²) in [6.07, 6.45) is 7.04. The van der Waals surface area contributed by atoms with E-state index in [1.165, 1.54) is 62.8 Å². The van der Waals surface area contributed by atoms with Crippen LogP contribution in [0.25, 0.3) is 99.0 Å². The lowest BCUT2D eigenvalue weighted by Gasteiger charge is -2.33. The summed E-state index contributed by atoms with van der Waals surface area (Å²) in [6.45, 7) is 0. The van der Waals surface area contributed by atoms with Crippen molar-refractivity contribution in [3.63, 3.8) is 0 Å². The molecule has 13 rings (SSSR count). The molecule has 2 aliphatic rings. The molecule has 0 radical (unpaired) electrons. The number of rotatable bonds is 8. The zero-order valence-electron chi connectivity index (χ0n) is 37.3. The molecule has 3 aromatic heterocycles. The fourth-order valence-electron chi connectivity index (χ4n) is 10.8. The Kier molecular flexibility index (Phi) is 10.0. The van der Waals surface area contributed by atoms with Gasteiger partial charge in [-0.25, -0.2) is 15.0 Å². The molecule has 0 spiro atoms. The Morgan fingerprint density at radius 3 is 1.59 bits per heavy atom. The number of benzene rings is 8. The smallest absolute Gasteiger partial charge is 0.166 e. The Bertz CT molecular complexity index is 3520. The molecule has 0 amide bonds. The van der Waals surface area contributed by atoms with E-state index in [0.29, 0.717) is 29.4 Å². The SMILES string of the molecule is c1ccc(-c2cc(-c3ccccc3)cc(-c3cnc(-c4ccc5c(c4)sc4ccc6c(c45)N(c4ccccc4)C4CCCCC64)c(-c4nc(-c5ccccc5)nc(-c5ccccc5)n4)c3)c2)cc1.